The summed E-state index contributed by atoms with van der Waals surface area (Å²) >= 11 is 12.0. The molecule has 0 spiro atoms. The molecule has 0 radical (unpaired) electrons. The summed E-state index contributed by atoms with van der Waals surface area (Å²) in [5, 5.41) is 14.1. The Labute approximate surface area is 256 Å². The maximum absolute atomic E-state index is 13.5. The SMILES string of the molecule is COC(=O)C1(c2c(C#N)nn(-c3c(Cl)cc(S(F)(F)(F)(F)F)cc3Cl)c2NC(=O)OCc2cccc(NS(C)(=O)=O)c2)CC1. The molecule has 1 aromatic heterocycles. The molecular formula is C24H20Cl2F5N5O6S2. The fraction of sp³-hybridized carbons (Fsp3) is 0.250. The Bertz CT molecular complexity index is 1840. The van der Waals surface area contributed by atoms with Crippen molar-refractivity contribution >= 4 is 67.0 Å². The van der Waals surface area contributed by atoms with Gasteiger partial charge in [0.05, 0.1) is 34.4 Å². The summed E-state index contributed by atoms with van der Waals surface area (Å²) in [4.78, 5) is 23.3. The van der Waals surface area contributed by atoms with E-state index in [1.54, 1.807) is 6.07 Å². The van der Waals surface area contributed by atoms with Crippen LogP contribution in [0.3, 0.4) is 0 Å². The highest BCUT2D eigenvalue weighted by Gasteiger charge is 2.66. The van der Waals surface area contributed by atoms with Crippen molar-refractivity contribution in [2.45, 2.75) is 29.8 Å². The van der Waals surface area contributed by atoms with Gasteiger partial charge in [-0.1, -0.05) is 54.8 Å². The van der Waals surface area contributed by atoms with Gasteiger partial charge in [-0.15, -0.1) is 0 Å². The van der Waals surface area contributed by atoms with Crippen LogP contribution in [-0.2, 0) is 36.3 Å². The van der Waals surface area contributed by atoms with Crippen LogP contribution >= 0.6 is 33.4 Å². The second kappa shape index (κ2) is 10.4. The molecule has 1 heterocycles. The highest BCUT2D eigenvalue weighted by atomic mass is 35.5. The lowest BCUT2D eigenvalue weighted by Crippen LogP contribution is -2.25. The molecule has 1 fully saturated rings. The number of nitriles is 1. The van der Waals surface area contributed by atoms with E-state index in [2.05, 4.69) is 15.1 Å². The van der Waals surface area contributed by atoms with Crippen LogP contribution < -0.4 is 10.0 Å². The lowest BCUT2D eigenvalue weighted by atomic mass is 9.95. The molecule has 1 amide bonds. The van der Waals surface area contributed by atoms with Gasteiger partial charge in [0.15, 0.2) is 5.69 Å². The smallest absolute Gasteiger partial charge is 0.413 e. The molecule has 20 heteroatoms. The molecule has 2 aromatic carbocycles. The van der Waals surface area contributed by atoms with Crippen LogP contribution in [-0.4, -0.2) is 43.6 Å². The lowest BCUT2D eigenvalue weighted by Gasteiger charge is -2.40. The first-order valence-electron chi connectivity index (χ1n) is 11.9. The number of benzene rings is 2. The molecule has 1 aliphatic rings. The average molecular weight is 704 g/mol. The molecular weight excluding hydrogens is 684 g/mol. The molecule has 44 heavy (non-hydrogen) atoms. The molecule has 0 saturated heterocycles. The summed E-state index contributed by atoms with van der Waals surface area (Å²) in [5.41, 5.74) is -2.32. The Morgan fingerprint density at radius 3 is 2.25 bits per heavy atom. The summed E-state index contributed by atoms with van der Waals surface area (Å²) < 4.78 is 103. The number of carbonyl (C=O) groups is 2. The van der Waals surface area contributed by atoms with Crippen molar-refractivity contribution in [3.63, 3.8) is 0 Å². The number of hydrogen-bond donors (Lipinski definition) is 2. The van der Waals surface area contributed by atoms with Crippen LogP contribution in [0.1, 0.15) is 29.7 Å². The van der Waals surface area contributed by atoms with Crippen LogP contribution in [0.5, 0.6) is 0 Å². The summed E-state index contributed by atoms with van der Waals surface area (Å²) in [6.45, 7) is -0.429. The van der Waals surface area contributed by atoms with E-state index in [1.165, 1.54) is 24.3 Å². The average Bonchev–Trinajstić information content (AvgIpc) is 3.61. The van der Waals surface area contributed by atoms with E-state index in [0.29, 0.717) is 10.2 Å². The first-order chi connectivity index (χ1) is 20.1. The van der Waals surface area contributed by atoms with Gasteiger partial charge in [-0.2, -0.15) is 10.4 Å². The molecule has 1 saturated carbocycles. The first kappa shape index (κ1) is 33.1. The van der Waals surface area contributed by atoms with E-state index in [-0.39, 0.29) is 36.2 Å². The van der Waals surface area contributed by atoms with Gasteiger partial charge in [0, 0.05) is 5.69 Å². The normalized spacial score (nSPS) is 15.7. The second-order valence-corrected chi connectivity index (χ2v) is 14.6. The summed E-state index contributed by atoms with van der Waals surface area (Å²) in [5.74, 6) is -1.31. The third-order valence-corrected chi connectivity index (χ3v) is 8.57. The predicted octanol–water partition coefficient (Wildman–Crippen LogP) is 7.03. The minimum atomic E-state index is -10.2. The highest BCUT2D eigenvalue weighted by Crippen LogP contribution is 3.02. The van der Waals surface area contributed by atoms with E-state index in [9.17, 15) is 42.7 Å². The van der Waals surface area contributed by atoms with Gasteiger partial charge in [0.2, 0.25) is 10.0 Å². The van der Waals surface area contributed by atoms with Crippen molar-refractivity contribution in [1.29, 1.82) is 5.26 Å². The number of hydrogen-bond acceptors (Lipinski definition) is 8. The second-order valence-electron chi connectivity index (χ2n) is 9.65. The first-order valence-corrected chi connectivity index (χ1v) is 16.5. The van der Waals surface area contributed by atoms with Gasteiger partial charge >= 0.3 is 22.3 Å². The zero-order chi connectivity index (χ0) is 32.9. The van der Waals surface area contributed by atoms with Crippen LogP contribution in [0, 0.1) is 11.3 Å². The van der Waals surface area contributed by atoms with E-state index in [4.69, 9.17) is 32.7 Å². The number of methoxy groups -OCH3 is 1. The van der Waals surface area contributed by atoms with Gasteiger partial charge < -0.3 is 9.47 Å². The van der Waals surface area contributed by atoms with Crippen molar-refractivity contribution in [2.24, 2.45) is 0 Å². The number of nitrogens with zero attached hydrogens (tertiary/aromatic N) is 3. The zero-order valence-corrected chi connectivity index (χ0v) is 25.5. The Hall–Kier alpha value is -3.79. The largest absolute Gasteiger partial charge is 0.468 e. The van der Waals surface area contributed by atoms with Gasteiger partial charge in [0.1, 0.15) is 29.1 Å². The number of sulfonamides is 1. The zero-order valence-electron chi connectivity index (χ0n) is 22.3. The Morgan fingerprint density at radius 2 is 1.75 bits per heavy atom. The summed E-state index contributed by atoms with van der Waals surface area (Å²) in [6.07, 6.45) is -0.0544. The van der Waals surface area contributed by atoms with Gasteiger partial charge in [0.25, 0.3) is 0 Å². The third-order valence-electron chi connectivity index (χ3n) is 6.26. The molecule has 0 unspecified atom stereocenters. The Kier molecular flexibility index (Phi) is 7.82. The minimum Gasteiger partial charge on any atom is -0.468 e. The van der Waals surface area contributed by atoms with E-state index < -0.39 is 76.5 Å². The number of aromatic nitrogens is 2. The number of rotatable bonds is 9. The quantitative estimate of drug-likeness (QED) is 0.178. The molecule has 1 aliphatic carbocycles. The van der Waals surface area contributed by atoms with Crippen LogP contribution in [0.15, 0.2) is 41.3 Å². The number of nitrogens with one attached hydrogen (secondary N) is 2. The van der Waals surface area contributed by atoms with E-state index >= 15 is 0 Å². The monoisotopic (exact) mass is 703 g/mol. The molecule has 238 valence electrons. The predicted molar refractivity (Wildman–Crippen MR) is 151 cm³/mol. The molecule has 0 aliphatic heterocycles. The summed E-state index contributed by atoms with van der Waals surface area (Å²) in [7, 11) is -12.8. The lowest BCUT2D eigenvalue weighted by molar-refractivity contribution is -0.143. The third kappa shape index (κ3) is 6.96. The van der Waals surface area contributed by atoms with Crippen LogP contribution in [0.4, 0.5) is 35.7 Å². The van der Waals surface area contributed by atoms with Crippen molar-refractivity contribution in [1.82, 2.24) is 9.78 Å². The standard InChI is InChI=1S/C24H20Cl2F5N5O6S2/c1-41-22(37)24(6-7-24)19-18(11-32)34-36(20-16(25)9-15(10-17(20)26)44(27,28,29,30)31)21(19)33-23(38)42-12-13-4-3-5-14(8-13)35-43(2,39)40/h3-5,8-10,35H,6-7,12H2,1-2H3,(H,33,38). The highest BCUT2D eigenvalue weighted by molar-refractivity contribution is 8.45. The number of anilines is 2. The summed E-state index contributed by atoms with van der Waals surface area (Å²) in [6, 6.07) is 7.35. The van der Waals surface area contributed by atoms with E-state index in [0.717, 1.165) is 13.4 Å². The Morgan fingerprint density at radius 1 is 1.14 bits per heavy atom. The minimum absolute atomic E-state index is 0.0788. The Balaban J connectivity index is 1.79. The molecule has 11 nitrogen and oxygen atoms in total. The number of ether oxygens (including phenoxy) is 2. The van der Waals surface area contributed by atoms with Gasteiger partial charge in [-0.3, -0.25) is 14.8 Å². The van der Waals surface area contributed by atoms with Gasteiger partial charge in [-0.05, 0) is 42.7 Å². The molecule has 3 aromatic rings. The number of esters is 1. The fourth-order valence-corrected chi connectivity index (χ4v) is 6.30. The van der Waals surface area contributed by atoms with Crippen molar-refractivity contribution in [2.75, 3.05) is 23.4 Å². The van der Waals surface area contributed by atoms with Crippen molar-refractivity contribution < 1.29 is 46.9 Å². The number of amides is 1. The topological polar surface area (TPSA) is 152 Å². The van der Waals surface area contributed by atoms with Crippen LogP contribution in [0.2, 0.25) is 10.0 Å². The molecule has 4 rings (SSSR count). The van der Waals surface area contributed by atoms with E-state index in [1.807, 2.05) is 0 Å². The maximum Gasteiger partial charge on any atom is 0.413 e. The van der Waals surface area contributed by atoms with Crippen molar-refractivity contribution in [3.8, 4) is 11.8 Å². The fourth-order valence-electron chi connectivity index (χ4n) is 4.29. The van der Waals surface area contributed by atoms with Crippen LogP contribution in [0.25, 0.3) is 5.69 Å². The molecule has 0 bridgehead atoms. The van der Waals surface area contributed by atoms with Crippen molar-refractivity contribution in [3.05, 3.63) is 63.3 Å². The number of carbonyl (C=O) groups excluding carboxylic acids is 2. The maximum atomic E-state index is 13.5. The number of halogens is 7. The molecule has 2 N–H and O–H groups in total. The molecule has 0 atom stereocenters. The van der Waals surface area contributed by atoms with Gasteiger partial charge in [-0.25, -0.2) is 17.9 Å².